The molecule has 0 unspecified atom stereocenters. The molecule has 1 heterocycles. The Labute approximate surface area is 92.4 Å². The van der Waals surface area contributed by atoms with Crippen molar-refractivity contribution in [3.05, 3.63) is 53.1 Å². The second kappa shape index (κ2) is 4.28. The number of nitrogens with zero attached hydrogens (tertiary/aromatic N) is 2. The van der Waals surface area contributed by atoms with E-state index in [0.717, 1.165) is 11.1 Å². The summed E-state index contributed by atoms with van der Waals surface area (Å²) in [6, 6.07) is 7.19. The average molecular weight is 221 g/mol. The van der Waals surface area contributed by atoms with E-state index in [0.29, 0.717) is 6.42 Å². The summed E-state index contributed by atoms with van der Waals surface area (Å²) >= 11 is 5.57. The lowest BCUT2D eigenvalue weighted by Gasteiger charge is -2.03. The lowest BCUT2D eigenvalue weighted by Crippen LogP contribution is -1.91. The van der Waals surface area contributed by atoms with Crippen molar-refractivity contribution >= 4 is 11.6 Å². The zero-order valence-electron chi connectivity index (χ0n) is 7.89. The van der Waals surface area contributed by atoms with Gasteiger partial charge in [0.2, 0.25) is 5.28 Å². The Kier molecular flexibility index (Phi) is 2.83. The molecule has 2 aromatic rings. The fourth-order valence-electron chi connectivity index (χ4n) is 1.31. The molecule has 4 heteroatoms. The van der Waals surface area contributed by atoms with Crippen LogP contribution in [-0.4, -0.2) is 15.1 Å². The smallest absolute Gasteiger partial charge is 0.222 e. The molecule has 15 heavy (non-hydrogen) atoms. The fourth-order valence-corrected chi connectivity index (χ4v) is 1.41. The van der Waals surface area contributed by atoms with E-state index in [1.54, 1.807) is 24.5 Å². The number of aromatic hydroxyl groups is 1. The molecule has 1 aromatic heterocycles. The highest BCUT2D eigenvalue weighted by atomic mass is 35.5. The van der Waals surface area contributed by atoms with Crippen molar-refractivity contribution in [3.63, 3.8) is 0 Å². The molecule has 0 aliphatic heterocycles. The Morgan fingerprint density at radius 1 is 1.13 bits per heavy atom. The van der Waals surface area contributed by atoms with Crippen LogP contribution in [-0.2, 0) is 6.42 Å². The number of phenolic OH excluding ortho intramolecular Hbond substituents is 1. The van der Waals surface area contributed by atoms with E-state index in [2.05, 4.69) is 9.97 Å². The monoisotopic (exact) mass is 220 g/mol. The Bertz CT molecular complexity index is 456. The van der Waals surface area contributed by atoms with Crippen molar-refractivity contribution in [1.29, 1.82) is 0 Å². The van der Waals surface area contributed by atoms with Gasteiger partial charge in [-0.15, -0.1) is 0 Å². The largest absolute Gasteiger partial charge is 0.508 e. The maximum Gasteiger partial charge on any atom is 0.222 e. The molecule has 0 saturated heterocycles. The van der Waals surface area contributed by atoms with E-state index >= 15 is 0 Å². The standard InChI is InChI=1S/C11H9ClN2O/c12-11-13-6-8(7-14-11)5-9-3-1-2-4-10(9)15/h1-4,6-7,15H,5H2. The fraction of sp³-hybridized carbons (Fsp3) is 0.0909. The summed E-state index contributed by atoms with van der Waals surface area (Å²) in [6.45, 7) is 0. The van der Waals surface area contributed by atoms with Crippen LogP contribution in [0.5, 0.6) is 5.75 Å². The summed E-state index contributed by atoms with van der Waals surface area (Å²) in [5.74, 6) is 0.285. The molecule has 0 fully saturated rings. The number of phenols is 1. The number of hydrogen-bond acceptors (Lipinski definition) is 3. The van der Waals surface area contributed by atoms with Crippen LogP contribution < -0.4 is 0 Å². The van der Waals surface area contributed by atoms with Gasteiger partial charge < -0.3 is 5.11 Å². The highest BCUT2D eigenvalue weighted by molar-refractivity contribution is 6.28. The first-order valence-corrected chi connectivity index (χ1v) is 4.87. The molecule has 0 atom stereocenters. The molecular formula is C11H9ClN2O. The third kappa shape index (κ3) is 2.44. The van der Waals surface area contributed by atoms with Crippen molar-refractivity contribution < 1.29 is 5.11 Å². The predicted octanol–water partition coefficient (Wildman–Crippen LogP) is 2.43. The molecule has 3 nitrogen and oxygen atoms in total. The average Bonchev–Trinajstić information content (AvgIpc) is 2.25. The number of hydrogen-bond donors (Lipinski definition) is 1. The van der Waals surface area contributed by atoms with E-state index in [1.165, 1.54) is 0 Å². The van der Waals surface area contributed by atoms with E-state index < -0.39 is 0 Å². The van der Waals surface area contributed by atoms with Crippen molar-refractivity contribution in [3.8, 4) is 5.75 Å². The molecule has 0 spiro atoms. The van der Waals surface area contributed by atoms with Gasteiger partial charge in [-0.3, -0.25) is 0 Å². The van der Waals surface area contributed by atoms with Crippen LogP contribution in [0.25, 0.3) is 0 Å². The first-order chi connectivity index (χ1) is 7.25. The normalized spacial score (nSPS) is 10.2. The summed E-state index contributed by atoms with van der Waals surface area (Å²) < 4.78 is 0. The van der Waals surface area contributed by atoms with Gasteiger partial charge in [-0.2, -0.15) is 0 Å². The summed E-state index contributed by atoms with van der Waals surface area (Å²) in [5, 5.41) is 9.79. The third-order valence-electron chi connectivity index (χ3n) is 2.06. The molecule has 0 bridgehead atoms. The van der Waals surface area contributed by atoms with Crippen molar-refractivity contribution in [2.24, 2.45) is 0 Å². The first kappa shape index (κ1) is 9.93. The quantitative estimate of drug-likeness (QED) is 0.791. The molecule has 0 aliphatic rings. The predicted molar refractivity (Wildman–Crippen MR) is 58.0 cm³/mol. The number of para-hydroxylation sites is 1. The highest BCUT2D eigenvalue weighted by Gasteiger charge is 2.02. The third-order valence-corrected chi connectivity index (χ3v) is 2.26. The van der Waals surface area contributed by atoms with Gasteiger partial charge in [-0.25, -0.2) is 9.97 Å². The lowest BCUT2D eigenvalue weighted by atomic mass is 10.1. The Morgan fingerprint density at radius 2 is 1.80 bits per heavy atom. The molecule has 76 valence electrons. The number of aromatic nitrogens is 2. The second-order valence-corrected chi connectivity index (χ2v) is 3.50. The SMILES string of the molecule is Oc1ccccc1Cc1cnc(Cl)nc1. The molecule has 1 N–H and O–H groups in total. The van der Waals surface area contributed by atoms with Crippen LogP contribution in [0.1, 0.15) is 11.1 Å². The van der Waals surface area contributed by atoms with Crippen LogP contribution in [0.3, 0.4) is 0 Å². The van der Waals surface area contributed by atoms with Crippen molar-refractivity contribution in [1.82, 2.24) is 9.97 Å². The maximum atomic E-state index is 9.56. The zero-order chi connectivity index (χ0) is 10.7. The van der Waals surface area contributed by atoms with Gasteiger partial charge in [0.15, 0.2) is 0 Å². The summed E-state index contributed by atoms with van der Waals surface area (Å²) in [6.07, 6.45) is 3.91. The molecule has 0 saturated carbocycles. The van der Waals surface area contributed by atoms with Crippen LogP contribution in [0.15, 0.2) is 36.7 Å². The van der Waals surface area contributed by atoms with Gasteiger partial charge in [0.25, 0.3) is 0 Å². The summed E-state index contributed by atoms with van der Waals surface area (Å²) in [5.41, 5.74) is 1.77. The molecule has 1 aromatic carbocycles. The van der Waals surface area contributed by atoms with E-state index in [9.17, 15) is 5.11 Å². The molecular weight excluding hydrogens is 212 g/mol. The van der Waals surface area contributed by atoms with Gasteiger partial charge in [0.05, 0.1) is 0 Å². The van der Waals surface area contributed by atoms with Crippen molar-refractivity contribution in [2.45, 2.75) is 6.42 Å². The summed E-state index contributed by atoms with van der Waals surface area (Å²) in [4.78, 5) is 7.76. The Morgan fingerprint density at radius 3 is 2.47 bits per heavy atom. The van der Waals surface area contributed by atoms with Crippen molar-refractivity contribution in [2.75, 3.05) is 0 Å². The van der Waals surface area contributed by atoms with Gasteiger partial charge in [-0.1, -0.05) is 18.2 Å². The molecule has 0 amide bonds. The number of halogens is 1. The lowest BCUT2D eigenvalue weighted by molar-refractivity contribution is 0.469. The summed E-state index contributed by atoms with van der Waals surface area (Å²) in [7, 11) is 0. The number of rotatable bonds is 2. The van der Waals surface area contributed by atoms with Crippen LogP contribution in [0.2, 0.25) is 5.28 Å². The van der Waals surface area contributed by atoms with Crippen LogP contribution >= 0.6 is 11.6 Å². The second-order valence-electron chi connectivity index (χ2n) is 3.17. The Balaban J connectivity index is 2.22. The molecule has 2 rings (SSSR count). The molecule has 0 aliphatic carbocycles. The van der Waals surface area contributed by atoms with Gasteiger partial charge in [-0.05, 0) is 28.8 Å². The van der Waals surface area contributed by atoms with Gasteiger partial charge in [0, 0.05) is 18.8 Å². The van der Waals surface area contributed by atoms with E-state index in [-0.39, 0.29) is 11.0 Å². The minimum absolute atomic E-state index is 0.232. The highest BCUT2D eigenvalue weighted by Crippen LogP contribution is 2.19. The minimum atomic E-state index is 0.232. The topological polar surface area (TPSA) is 46.0 Å². The van der Waals surface area contributed by atoms with Crippen LogP contribution in [0.4, 0.5) is 0 Å². The van der Waals surface area contributed by atoms with E-state index in [1.807, 2.05) is 12.1 Å². The van der Waals surface area contributed by atoms with Crippen LogP contribution in [0, 0.1) is 0 Å². The maximum absolute atomic E-state index is 9.56. The molecule has 0 radical (unpaired) electrons. The Hall–Kier alpha value is -1.61. The minimum Gasteiger partial charge on any atom is -0.508 e. The first-order valence-electron chi connectivity index (χ1n) is 4.49. The van der Waals surface area contributed by atoms with E-state index in [4.69, 9.17) is 11.6 Å². The zero-order valence-corrected chi connectivity index (χ0v) is 8.65. The van der Waals surface area contributed by atoms with Gasteiger partial charge in [0.1, 0.15) is 5.75 Å². The van der Waals surface area contributed by atoms with Gasteiger partial charge >= 0.3 is 0 Å². The number of benzene rings is 1.